The van der Waals surface area contributed by atoms with Gasteiger partial charge in [-0.1, -0.05) is 20.8 Å². The van der Waals surface area contributed by atoms with Gasteiger partial charge in [-0.05, 0) is 36.1 Å². The van der Waals surface area contributed by atoms with E-state index in [4.69, 9.17) is 9.72 Å². The van der Waals surface area contributed by atoms with Crippen LogP contribution >= 0.6 is 11.3 Å². The van der Waals surface area contributed by atoms with E-state index in [9.17, 15) is 9.59 Å². The summed E-state index contributed by atoms with van der Waals surface area (Å²) in [5, 5.41) is 0.847. The molecule has 0 unspecified atom stereocenters. The molecule has 1 fully saturated rings. The molecule has 132 valence electrons. The highest BCUT2D eigenvalue weighted by molar-refractivity contribution is 7.15. The lowest BCUT2D eigenvalue weighted by molar-refractivity contribution is -0.135. The van der Waals surface area contributed by atoms with Crippen molar-refractivity contribution in [3.63, 3.8) is 0 Å². The Kier molecular flexibility index (Phi) is 4.78. The molecule has 1 aromatic heterocycles. The fraction of sp³-hybridized carbons (Fsp3) is 0.450. The van der Waals surface area contributed by atoms with E-state index in [1.807, 2.05) is 45.0 Å². The van der Waals surface area contributed by atoms with E-state index in [1.165, 1.54) is 0 Å². The first-order valence-corrected chi connectivity index (χ1v) is 9.35. The molecule has 0 aliphatic heterocycles. The summed E-state index contributed by atoms with van der Waals surface area (Å²) in [4.78, 5) is 31.0. The number of benzene rings is 1. The van der Waals surface area contributed by atoms with E-state index in [2.05, 4.69) is 0 Å². The number of aromatic nitrogens is 1. The molecule has 3 rings (SSSR count). The Labute approximate surface area is 152 Å². The molecular weight excluding hydrogens is 334 g/mol. The zero-order valence-electron chi connectivity index (χ0n) is 15.1. The van der Waals surface area contributed by atoms with Crippen LogP contribution in [0.2, 0.25) is 0 Å². The van der Waals surface area contributed by atoms with Crippen molar-refractivity contribution in [1.82, 2.24) is 4.98 Å². The van der Waals surface area contributed by atoms with Crippen LogP contribution in [0.4, 0.5) is 0 Å². The van der Waals surface area contributed by atoms with Crippen molar-refractivity contribution in [1.29, 1.82) is 0 Å². The standard InChI is InChI=1S/C20H23NO3S/c1-5-16-18(17-14(22)10-20(2,3)11-15(17)23)21-19(25-16)12-6-8-13(24-4)9-7-12/h6-9,17H,5,10-11H2,1-4H3. The monoisotopic (exact) mass is 357 g/mol. The lowest BCUT2D eigenvalue weighted by atomic mass is 9.70. The number of Topliss-reactive ketones (excluding diaryl/α,β-unsaturated/α-hetero) is 2. The van der Waals surface area contributed by atoms with Crippen LogP contribution in [0.1, 0.15) is 50.1 Å². The topological polar surface area (TPSA) is 56.3 Å². The first-order chi connectivity index (χ1) is 11.8. The second kappa shape index (κ2) is 6.71. The highest BCUT2D eigenvalue weighted by Gasteiger charge is 2.42. The SMILES string of the molecule is CCc1sc(-c2ccc(OC)cc2)nc1C1C(=O)CC(C)(C)CC1=O. The summed E-state index contributed by atoms with van der Waals surface area (Å²) in [5.74, 6) is 0.104. The normalized spacial score (nSPS) is 17.8. The van der Waals surface area contributed by atoms with Crippen LogP contribution in [-0.2, 0) is 16.0 Å². The van der Waals surface area contributed by atoms with E-state index >= 15 is 0 Å². The molecule has 1 heterocycles. The summed E-state index contributed by atoms with van der Waals surface area (Å²) in [7, 11) is 1.63. The molecule has 1 saturated carbocycles. The Bertz CT molecular complexity index is 785. The van der Waals surface area contributed by atoms with Crippen LogP contribution in [0.25, 0.3) is 10.6 Å². The van der Waals surface area contributed by atoms with Gasteiger partial charge in [0.1, 0.15) is 28.2 Å². The number of ether oxygens (including phenoxy) is 1. The van der Waals surface area contributed by atoms with Crippen molar-refractivity contribution >= 4 is 22.9 Å². The van der Waals surface area contributed by atoms with Gasteiger partial charge in [0.25, 0.3) is 0 Å². The van der Waals surface area contributed by atoms with E-state index in [0.29, 0.717) is 18.5 Å². The van der Waals surface area contributed by atoms with Gasteiger partial charge in [0, 0.05) is 23.3 Å². The van der Waals surface area contributed by atoms with E-state index in [-0.39, 0.29) is 17.0 Å². The smallest absolute Gasteiger partial charge is 0.149 e. The van der Waals surface area contributed by atoms with Gasteiger partial charge in [0.05, 0.1) is 12.8 Å². The van der Waals surface area contributed by atoms with Crippen molar-refractivity contribution in [2.24, 2.45) is 5.41 Å². The third kappa shape index (κ3) is 3.52. The minimum absolute atomic E-state index is 0.00234. The van der Waals surface area contributed by atoms with Crippen LogP contribution in [0.5, 0.6) is 5.75 Å². The zero-order valence-corrected chi connectivity index (χ0v) is 15.9. The molecule has 2 aromatic rings. The Morgan fingerprint density at radius 3 is 2.28 bits per heavy atom. The molecule has 0 atom stereocenters. The molecule has 0 amide bonds. The minimum atomic E-state index is -0.689. The molecule has 0 radical (unpaired) electrons. The third-order valence-corrected chi connectivity index (χ3v) is 5.87. The van der Waals surface area contributed by atoms with Crippen LogP contribution < -0.4 is 4.74 Å². The average Bonchev–Trinajstić information content (AvgIpc) is 2.97. The molecule has 25 heavy (non-hydrogen) atoms. The van der Waals surface area contributed by atoms with Gasteiger partial charge in [-0.3, -0.25) is 9.59 Å². The highest BCUT2D eigenvalue weighted by Crippen LogP contribution is 2.41. The third-order valence-electron chi connectivity index (χ3n) is 4.61. The molecule has 5 heteroatoms. The first kappa shape index (κ1) is 17.8. The Morgan fingerprint density at radius 2 is 1.76 bits per heavy atom. The maximum atomic E-state index is 12.6. The summed E-state index contributed by atoms with van der Waals surface area (Å²) in [6, 6.07) is 7.69. The predicted molar refractivity (Wildman–Crippen MR) is 99.3 cm³/mol. The quantitative estimate of drug-likeness (QED) is 0.760. The number of nitrogens with zero attached hydrogens (tertiary/aromatic N) is 1. The number of hydrogen-bond donors (Lipinski definition) is 0. The molecule has 0 spiro atoms. The number of hydrogen-bond acceptors (Lipinski definition) is 5. The molecule has 4 nitrogen and oxygen atoms in total. The second-order valence-corrected chi connectivity index (χ2v) is 8.38. The summed E-state index contributed by atoms with van der Waals surface area (Å²) in [6.45, 7) is 5.99. The fourth-order valence-corrected chi connectivity index (χ4v) is 4.44. The van der Waals surface area contributed by atoms with Gasteiger partial charge in [0.15, 0.2) is 0 Å². The summed E-state index contributed by atoms with van der Waals surface area (Å²) in [6.07, 6.45) is 1.63. The zero-order chi connectivity index (χ0) is 18.2. The van der Waals surface area contributed by atoms with Crippen molar-refractivity contribution in [3.05, 3.63) is 34.8 Å². The number of methoxy groups -OCH3 is 1. The molecular formula is C20H23NO3S. The van der Waals surface area contributed by atoms with Gasteiger partial charge in [-0.25, -0.2) is 4.98 Å². The van der Waals surface area contributed by atoms with E-state index in [1.54, 1.807) is 18.4 Å². The van der Waals surface area contributed by atoms with E-state index in [0.717, 1.165) is 27.6 Å². The van der Waals surface area contributed by atoms with Gasteiger partial charge < -0.3 is 4.74 Å². The highest BCUT2D eigenvalue weighted by atomic mass is 32.1. The van der Waals surface area contributed by atoms with Crippen LogP contribution in [0.3, 0.4) is 0 Å². The van der Waals surface area contributed by atoms with Crippen molar-refractivity contribution in [2.45, 2.75) is 46.0 Å². The summed E-state index contributed by atoms with van der Waals surface area (Å²) < 4.78 is 5.19. The first-order valence-electron chi connectivity index (χ1n) is 8.54. The van der Waals surface area contributed by atoms with Crippen LogP contribution in [0.15, 0.2) is 24.3 Å². The van der Waals surface area contributed by atoms with Crippen molar-refractivity contribution < 1.29 is 14.3 Å². The Morgan fingerprint density at radius 1 is 1.16 bits per heavy atom. The molecule has 1 aliphatic rings. The van der Waals surface area contributed by atoms with Crippen molar-refractivity contribution in [3.8, 4) is 16.3 Å². The summed E-state index contributed by atoms with van der Waals surface area (Å²) >= 11 is 1.57. The number of ketones is 2. The van der Waals surface area contributed by atoms with Gasteiger partial charge >= 0.3 is 0 Å². The number of carbonyl (C=O) groups is 2. The molecule has 0 N–H and O–H groups in total. The molecule has 1 aliphatic carbocycles. The van der Waals surface area contributed by atoms with Gasteiger partial charge in [-0.2, -0.15) is 0 Å². The number of thiazole rings is 1. The van der Waals surface area contributed by atoms with Crippen LogP contribution in [0, 0.1) is 5.41 Å². The number of carbonyl (C=O) groups excluding carboxylic acids is 2. The predicted octanol–water partition coefficient (Wildman–Crippen LogP) is 4.42. The average molecular weight is 357 g/mol. The second-order valence-electron chi connectivity index (χ2n) is 7.29. The van der Waals surface area contributed by atoms with E-state index < -0.39 is 5.92 Å². The lowest BCUT2D eigenvalue weighted by Crippen LogP contribution is -2.36. The summed E-state index contributed by atoms with van der Waals surface area (Å²) in [5.41, 5.74) is 1.40. The van der Waals surface area contributed by atoms with Crippen molar-refractivity contribution in [2.75, 3.05) is 7.11 Å². The fourth-order valence-electron chi connectivity index (χ4n) is 3.39. The molecule has 1 aromatic carbocycles. The maximum Gasteiger partial charge on any atom is 0.149 e. The number of aryl methyl sites for hydroxylation is 1. The minimum Gasteiger partial charge on any atom is -0.497 e. The molecule has 0 bridgehead atoms. The largest absolute Gasteiger partial charge is 0.497 e. The number of rotatable bonds is 4. The van der Waals surface area contributed by atoms with Gasteiger partial charge in [-0.15, -0.1) is 11.3 Å². The molecule has 0 saturated heterocycles. The Hall–Kier alpha value is -2.01. The lowest BCUT2D eigenvalue weighted by Gasteiger charge is -2.31. The Balaban J connectivity index is 1.98. The van der Waals surface area contributed by atoms with Gasteiger partial charge in [0.2, 0.25) is 0 Å². The maximum absolute atomic E-state index is 12.6. The van der Waals surface area contributed by atoms with Crippen LogP contribution in [-0.4, -0.2) is 23.7 Å².